The first-order chi connectivity index (χ1) is 15.4. The molecule has 2 heterocycles. The SMILES string of the molecule is C=CCOC(=O)C1=C(C)N=c2s/c(=C\c3c(F)cccc3Cl)c(=O)n2[C@@H]1c1ccccc1. The second-order valence-corrected chi connectivity index (χ2v) is 8.43. The fourth-order valence-electron chi connectivity index (χ4n) is 3.53. The van der Waals surface area contributed by atoms with Gasteiger partial charge in [-0.05, 0) is 30.7 Å². The van der Waals surface area contributed by atoms with Crippen molar-refractivity contribution in [1.82, 2.24) is 4.57 Å². The van der Waals surface area contributed by atoms with E-state index in [1.807, 2.05) is 30.3 Å². The molecule has 4 rings (SSSR count). The van der Waals surface area contributed by atoms with Crippen LogP contribution in [-0.4, -0.2) is 17.1 Å². The van der Waals surface area contributed by atoms with Gasteiger partial charge in [-0.3, -0.25) is 9.36 Å². The number of nitrogens with zero attached hydrogens (tertiary/aromatic N) is 2. The third-order valence-corrected chi connectivity index (χ3v) is 6.28. The van der Waals surface area contributed by atoms with E-state index in [0.717, 1.165) is 16.9 Å². The van der Waals surface area contributed by atoms with Crippen molar-refractivity contribution >= 4 is 35.0 Å². The van der Waals surface area contributed by atoms with E-state index in [2.05, 4.69) is 11.6 Å². The van der Waals surface area contributed by atoms with Crippen molar-refractivity contribution in [3.8, 4) is 0 Å². The molecule has 3 aromatic rings. The average molecular weight is 469 g/mol. The predicted octanol–water partition coefficient (Wildman–Crippen LogP) is 3.76. The van der Waals surface area contributed by atoms with E-state index < -0.39 is 23.4 Å². The summed E-state index contributed by atoms with van der Waals surface area (Å²) in [5.41, 5.74) is 1.16. The van der Waals surface area contributed by atoms with Gasteiger partial charge in [0.25, 0.3) is 5.56 Å². The van der Waals surface area contributed by atoms with E-state index in [1.54, 1.807) is 13.0 Å². The van der Waals surface area contributed by atoms with Gasteiger partial charge >= 0.3 is 5.97 Å². The van der Waals surface area contributed by atoms with Crippen LogP contribution in [0.4, 0.5) is 4.39 Å². The van der Waals surface area contributed by atoms with Gasteiger partial charge in [-0.1, -0.05) is 72.0 Å². The third kappa shape index (κ3) is 3.97. The first-order valence-corrected chi connectivity index (χ1v) is 10.9. The Kier molecular flexibility index (Phi) is 6.21. The van der Waals surface area contributed by atoms with Crippen LogP contribution in [0.5, 0.6) is 0 Å². The summed E-state index contributed by atoms with van der Waals surface area (Å²) in [6.45, 7) is 5.30. The van der Waals surface area contributed by atoms with E-state index in [0.29, 0.717) is 10.5 Å². The Morgan fingerprint density at radius 3 is 2.72 bits per heavy atom. The summed E-state index contributed by atoms with van der Waals surface area (Å²) in [6.07, 6.45) is 2.89. The Bertz CT molecular complexity index is 1400. The summed E-state index contributed by atoms with van der Waals surface area (Å²) >= 11 is 7.25. The topological polar surface area (TPSA) is 60.7 Å². The number of carbonyl (C=O) groups excluding carboxylic acids is 1. The van der Waals surface area contributed by atoms with Crippen LogP contribution in [0.3, 0.4) is 0 Å². The predicted molar refractivity (Wildman–Crippen MR) is 123 cm³/mol. The number of allylic oxidation sites excluding steroid dienone is 1. The van der Waals surface area contributed by atoms with Crippen LogP contribution in [0.15, 0.2) is 82.2 Å². The number of rotatable bonds is 5. The van der Waals surface area contributed by atoms with Crippen molar-refractivity contribution in [3.05, 3.63) is 114 Å². The molecule has 1 atom stereocenters. The van der Waals surface area contributed by atoms with Gasteiger partial charge in [-0.15, -0.1) is 0 Å². The molecule has 5 nitrogen and oxygen atoms in total. The number of halogens is 2. The molecule has 0 saturated carbocycles. The van der Waals surface area contributed by atoms with Crippen LogP contribution in [0.2, 0.25) is 5.02 Å². The molecule has 0 amide bonds. The fourth-order valence-corrected chi connectivity index (χ4v) is 4.77. The largest absolute Gasteiger partial charge is 0.458 e. The molecule has 0 aliphatic carbocycles. The lowest BCUT2D eigenvalue weighted by Gasteiger charge is -2.24. The van der Waals surface area contributed by atoms with Crippen LogP contribution >= 0.6 is 22.9 Å². The number of hydrogen-bond acceptors (Lipinski definition) is 5. The lowest BCUT2D eigenvalue weighted by molar-refractivity contribution is -0.138. The second kappa shape index (κ2) is 9.06. The Morgan fingerprint density at radius 1 is 1.28 bits per heavy atom. The van der Waals surface area contributed by atoms with Crippen molar-refractivity contribution in [2.75, 3.05) is 6.61 Å². The van der Waals surface area contributed by atoms with Crippen LogP contribution in [0, 0.1) is 5.82 Å². The number of aromatic nitrogens is 1. The molecule has 0 bridgehead atoms. The zero-order valence-corrected chi connectivity index (χ0v) is 18.6. The highest BCUT2D eigenvalue weighted by molar-refractivity contribution is 7.07. The smallest absolute Gasteiger partial charge is 0.338 e. The van der Waals surface area contributed by atoms with Crippen LogP contribution < -0.4 is 14.9 Å². The maximum Gasteiger partial charge on any atom is 0.338 e. The van der Waals surface area contributed by atoms with Crippen molar-refractivity contribution in [3.63, 3.8) is 0 Å². The Labute approximate surface area is 192 Å². The summed E-state index contributed by atoms with van der Waals surface area (Å²) in [5, 5.41) is 0.195. The maximum absolute atomic E-state index is 14.3. The molecule has 2 aromatic carbocycles. The molecule has 0 spiro atoms. The molecule has 1 aliphatic heterocycles. The average Bonchev–Trinajstić information content (AvgIpc) is 3.09. The van der Waals surface area contributed by atoms with Gasteiger partial charge in [-0.2, -0.15) is 0 Å². The van der Waals surface area contributed by atoms with Gasteiger partial charge in [-0.25, -0.2) is 14.2 Å². The zero-order valence-electron chi connectivity index (χ0n) is 17.0. The summed E-state index contributed by atoms with van der Waals surface area (Å²) in [6, 6.07) is 12.7. The van der Waals surface area contributed by atoms with E-state index in [1.165, 1.54) is 28.9 Å². The number of hydrogen-bond donors (Lipinski definition) is 0. The summed E-state index contributed by atoms with van der Waals surface area (Å²) in [7, 11) is 0. The van der Waals surface area contributed by atoms with Gasteiger partial charge in [0.05, 0.1) is 26.9 Å². The van der Waals surface area contributed by atoms with Crippen LogP contribution in [0.25, 0.3) is 6.08 Å². The van der Waals surface area contributed by atoms with Crippen LogP contribution in [0.1, 0.15) is 24.1 Å². The van der Waals surface area contributed by atoms with Gasteiger partial charge in [0.15, 0.2) is 4.80 Å². The highest BCUT2D eigenvalue weighted by atomic mass is 35.5. The summed E-state index contributed by atoms with van der Waals surface area (Å²) in [5.74, 6) is -1.11. The number of ether oxygens (including phenoxy) is 1. The Morgan fingerprint density at radius 2 is 2.03 bits per heavy atom. The molecule has 0 N–H and O–H groups in total. The van der Waals surface area contributed by atoms with E-state index in [-0.39, 0.29) is 27.3 Å². The number of esters is 1. The molecule has 8 heteroatoms. The molecule has 1 aromatic heterocycles. The highest BCUT2D eigenvalue weighted by Crippen LogP contribution is 2.30. The maximum atomic E-state index is 14.3. The number of thiazole rings is 1. The van der Waals surface area contributed by atoms with E-state index >= 15 is 0 Å². The summed E-state index contributed by atoms with van der Waals surface area (Å²) in [4.78, 5) is 31.2. The number of carbonyl (C=O) groups is 1. The quantitative estimate of drug-likeness (QED) is 0.423. The number of benzene rings is 2. The first kappa shape index (κ1) is 21.9. The lowest BCUT2D eigenvalue weighted by atomic mass is 9.96. The highest BCUT2D eigenvalue weighted by Gasteiger charge is 2.33. The standard InChI is InChI=1S/C24H18ClFN2O3S/c1-3-12-31-23(30)20-14(2)27-24-28(21(20)15-8-5-4-6-9-15)22(29)19(32-24)13-16-17(25)10-7-11-18(16)26/h3-11,13,21H,1,12H2,2H3/b19-13-/t21-/m1/s1. The second-order valence-electron chi connectivity index (χ2n) is 7.01. The molecular formula is C24H18ClFN2O3S. The summed E-state index contributed by atoms with van der Waals surface area (Å²) < 4.78 is 21.3. The minimum atomic E-state index is -0.733. The monoisotopic (exact) mass is 468 g/mol. The molecule has 0 saturated heterocycles. The van der Waals surface area contributed by atoms with Crippen molar-refractivity contribution in [1.29, 1.82) is 0 Å². The minimum Gasteiger partial charge on any atom is -0.458 e. The molecular weight excluding hydrogens is 451 g/mol. The molecule has 0 fully saturated rings. The van der Waals surface area contributed by atoms with Crippen molar-refractivity contribution < 1.29 is 13.9 Å². The van der Waals surface area contributed by atoms with Crippen molar-refractivity contribution in [2.45, 2.75) is 13.0 Å². The van der Waals surface area contributed by atoms with E-state index in [9.17, 15) is 14.0 Å². The molecule has 0 radical (unpaired) electrons. The van der Waals surface area contributed by atoms with Crippen molar-refractivity contribution in [2.24, 2.45) is 4.99 Å². The van der Waals surface area contributed by atoms with Gasteiger partial charge in [0.1, 0.15) is 12.4 Å². The normalized spacial score (nSPS) is 15.8. The van der Waals surface area contributed by atoms with Gasteiger partial charge in [0, 0.05) is 5.56 Å². The van der Waals surface area contributed by atoms with Gasteiger partial charge in [0.2, 0.25) is 0 Å². The minimum absolute atomic E-state index is 0.0350. The fraction of sp³-hybridized carbons (Fsp3) is 0.125. The first-order valence-electron chi connectivity index (χ1n) is 9.72. The Hall–Kier alpha value is -3.29. The molecule has 162 valence electrons. The Balaban J connectivity index is 1.96. The molecule has 1 aliphatic rings. The number of fused-ring (bicyclic) bond motifs is 1. The van der Waals surface area contributed by atoms with Crippen LogP contribution in [-0.2, 0) is 9.53 Å². The third-order valence-electron chi connectivity index (χ3n) is 4.96. The van der Waals surface area contributed by atoms with Gasteiger partial charge < -0.3 is 4.74 Å². The lowest BCUT2D eigenvalue weighted by Crippen LogP contribution is -2.39. The molecule has 0 unspecified atom stereocenters. The van der Waals surface area contributed by atoms with E-state index in [4.69, 9.17) is 16.3 Å². The molecule has 32 heavy (non-hydrogen) atoms. The zero-order chi connectivity index (χ0) is 22.8.